The van der Waals surface area contributed by atoms with Crippen LogP contribution in [0.25, 0.3) is 0 Å². The number of methoxy groups -OCH3 is 1. The second-order valence-corrected chi connectivity index (χ2v) is 3.65. The van der Waals surface area contributed by atoms with Crippen LogP contribution >= 0.6 is 0 Å². The molecule has 1 N–H and O–H groups in total. The van der Waals surface area contributed by atoms with Gasteiger partial charge in [-0.15, -0.1) is 0 Å². The molecule has 0 aromatic heterocycles. The van der Waals surface area contributed by atoms with E-state index in [1.165, 1.54) is 11.8 Å². The molecule has 0 fully saturated rings. The predicted molar refractivity (Wildman–Crippen MR) is 67.2 cm³/mol. The van der Waals surface area contributed by atoms with E-state index in [-0.39, 0.29) is 6.61 Å². The van der Waals surface area contributed by atoms with Crippen LogP contribution in [0.2, 0.25) is 0 Å². The fourth-order valence-corrected chi connectivity index (χ4v) is 1.59. The zero-order valence-corrected chi connectivity index (χ0v) is 10.3. The monoisotopic (exact) mass is 237 g/mol. The molecule has 1 rings (SSSR count). The van der Waals surface area contributed by atoms with Gasteiger partial charge in [0.15, 0.2) is 0 Å². The van der Waals surface area contributed by atoms with Gasteiger partial charge in [0.25, 0.3) is 0 Å². The Bertz CT molecular complexity index is 364. The summed E-state index contributed by atoms with van der Waals surface area (Å²) in [4.78, 5) is 0. The molecule has 0 spiro atoms. The second kappa shape index (κ2) is 7.68. The standard InChI is InChI=1S/C13H19NO3/c1-3-12-10-11(6-8-16-2)4-5-13(12)17-9-7-14-15/h4-5,7,10,15H,3,6,8-9H2,1-2H3. The van der Waals surface area contributed by atoms with Crippen LogP contribution in [0.3, 0.4) is 0 Å². The van der Waals surface area contributed by atoms with Gasteiger partial charge in [0.05, 0.1) is 12.8 Å². The molecule has 4 heteroatoms. The van der Waals surface area contributed by atoms with Gasteiger partial charge in [-0.05, 0) is 30.0 Å². The highest BCUT2D eigenvalue weighted by Crippen LogP contribution is 2.21. The van der Waals surface area contributed by atoms with Gasteiger partial charge in [-0.2, -0.15) is 0 Å². The summed E-state index contributed by atoms with van der Waals surface area (Å²) in [6, 6.07) is 6.11. The van der Waals surface area contributed by atoms with Crippen molar-refractivity contribution in [1.29, 1.82) is 0 Å². The molecule has 4 nitrogen and oxygen atoms in total. The van der Waals surface area contributed by atoms with Crippen molar-refractivity contribution in [1.82, 2.24) is 0 Å². The summed E-state index contributed by atoms with van der Waals surface area (Å²) in [6.07, 6.45) is 3.13. The number of hydrogen-bond acceptors (Lipinski definition) is 4. The molecule has 94 valence electrons. The van der Waals surface area contributed by atoms with Gasteiger partial charge < -0.3 is 14.7 Å². The van der Waals surface area contributed by atoms with Gasteiger partial charge in [-0.1, -0.05) is 24.2 Å². The predicted octanol–water partition coefficient (Wildman–Crippen LogP) is 2.28. The Balaban J connectivity index is 2.70. The molecule has 17 heavy (non-hydrogen) atoms. The number of ether oxygens (including phenoxy) is 2. The number of hydrogen-bond donors (Lipinski definition) is 1. The van der Waals surface area contributed by atoms with Crippen molar-refractivity contribution in [2.45, 2.75) is 19.8 Å². The fourth-order valence-electron chi connectivity index (χ4n) is 1.59. The van der Waals surface area contributed by atoms with Crippen LogP contribution in [0, 0.1) is 0 Å². The highest BCUT2D eigenvalue weighted by molar-refractivity contribution is 5.58. The molecule has 1 aromatic rings. The average molecular weight is 237 g/mol. The summed E-state index contributed by atoms with van der Waals surface area (Å²) < 4.78 is 10.5. The van der Waals surface area contributed by atoms with Crippen LogP contribution < -0.4 is 4.74 Å². The first-order chi connectivity index (χ1) is 8.31. The van der Waals surface area contributed by atoms with E-state index in [1.807, 2.05) is 12.1 Å². The van der Waals surface area contributed by atoms with Crippen LogP contribution in [0.5, 0.6) is 5.75 Å². The van der Waals surface area contributed by atoms with Crippen molar-refractivity contribution in [3.8, 4) is 5.75 Å². The molecule has 0 radical (unpaired) electrons. The van der Waals surface area contributed by atoms with Crippen LogP contribution in [-0.4, -0.2) is 31.7 Å². The fraction of sp³-hybridized carbons (Fsp3) is 0.462. The normalized spacial score (nSPS) is 10.9. The smallest absolute Gasteiger partial charge is 0.127 e. The molecule has 0 saturated heterocycles. The zero-order chi connectivity index (χ0) is 12.5. The number of rotatable bonds is 7. The lowest BCUT2D eigenvalue weighted by molar-refractivity contribution is 0.202. The first kappa shape index (κ1) is 13.5. The Labute approximate surface area is 102 Å². The Morgan fingerprint density at radius 1 is 1.41 bits per heavy atom. The average Bonchev–Trinajstić information content (AvgIpc) is 2.37. The van der Waals surface area contributed by atoms with E-state index < -0.39 is 0 Å². The van der Waals surface area contributed by atoms with Crippen molar-refractivity contribution in [2.75, 3.05) is 20.3 Å². The van der Waals surface area contributed by atoms with Crippen molar-refractivity contribution in [3.05, 3.63) is 29.3 Å². The number of benzene rings is 1. The van der Waals surface area contributed by atoms with Gasteiger partial charge in [-0.3, -0.25) is 0 Å². The van der Waals surface area contributed by atoms with E-state index >= 15 is 0 Å². The number of oxime groups is 1. The maximum Gasteiger partial charge on any atom is 0.127 e. The van der Waals surface area contributed by atoms with Crippen molar-refractivity contribution in [3.63, 3.8) is 0 Å². The summed E-state index contributed by atoms with van der Waals surface area (Å²) >= 11 is 0. The second-order valence-electron chi connectivity index (χ2n) is 3.65. The molecular weight excluding hydrogens is 218 g/mol. The van der Waals surface area contributed by atoms with E-state index in [0.717, 1.165) is 30.8 Å². The maximum absolute atomic E-state index is 8.29. The summed E-state index contributed by atoms with van der Waals surface area (Å²) in [7, 11) is 1.70. The molecule has 0 aliphatic carbocycles. The third-order valence-electron chi connectivity index (χ3n) is 2.50. The van der Waals surface area contributed by atoms with E-state index in [1.54, 1.807) is 7.11 Å². The van der Waals surface area contributed by atoms with E-state index in [0.29, 0.717) is 0 Å². The lowest BCUT2D eigenvalue weighted by atomic mass is 10.1. The van der Waals surface area contributed by atoms with Crippen LogP contribution in [0.4, 0.5) is 0 Å². The van der Waals surface area contributed by atoms with E-state index in [4.69, 9.17) is 14.7 Å². The Hall–Kier alpha value is -1.55. The Morgan fingerprint density at radius 2 is 2.24 bits per heavy atom. The van der Waals surface area contributed by atoms with Crippen LogP contribution in [0.15, 0.2) is 23.4 Å². The van der Waals surface area contributed by atoms with Crippen LogP contribution in [0.1, 0.15) is 18.1 Å². The lowest BCUT2D eigenvalue weighted by Crippen LogP contribution is -2.02. The molecular formula is C13H19NO3. The SMILES string of the molecule is CCc1cc(CCOC)ccc1OCC=NO. The van der Waals surface area contributed by atoms with Gasteiger partial charge in [0.1, 0.15) is 12.4 Å². The van der Waals surface area contributed by atoms with E-state index in [9.17, 15) is 0 Å². The summed E-state index contributed by atoms with van der Waals surface area (Å²) in [5, 5.41) is 11.2. The molecule has 1 aromatic carbocycles. The highest BCUT2D eigenvalue weighted by atomic mass is 16.5. The molecule has 0 unspecified atom stereocenters. The highest BCUT2D eigenvalue weighted by Gasteiger charge is 2.03. The maximum atomic E-state index is 8.29. The topological polar surface area (TPSA) is 51.0 Å². The molecule has 0 aliphatic heterocycles. The van der Waals surface area contributed by atoms with Crippen molar-refractivity contribution >= 4 is 6.21 Å². The van der Waals surface area contributed by atoms with Gasteiger partial charge in [0, 0.05) is 7.11 Å². The Kier molecular flexibility index (Phi) is 6.10. The van der Waals surface area contributed by atoms with Gasteiger partial charge in [0.2, 0.25) is 0 Å². The van der Waals surface area contributed by atoms with Gasteiger partial charge >= 0.3 is 0 Å². The van der Waals surface area contributed by atoms with Crippen molar-refractivity contribution < 1.29 is 14.7 Å². The third-order valence-corrected chi connectivity index (χ3v) is 2.50. The lowest BCUT2D eigenvalue weighted by Gasteiger charge is -2.10. The minimum atomic E-state index is 0.279. The number of nitrogens with zero attached hydrogens (tertiary/aromatic N) is 1. The minimum Gasteiger partial charge on any atom is -0.488 e. The van der Waals surface area contributed by atoms with Gasteiger partial charge in [-0.25, -0.2) is 0 Å². The molecule has 0 saturated carbocycles. The van der Waals surface area contributed by atoms with Crippen molar-refractivity contribution in [2.24, 2.45) is 5.16 Å². The third kappa shape index (κ3) is 4.44. The molecule has 0 atom stereocenters. The zero-order valence-electron chi connectivity index (χ0n) is 10.3. The van der Waals surface area contributed by atoms with E-state index in [2.05, 4.69) is 18.1 Å². The Morgan fingerprint density at radius 3 is 2.88 bits per heavy atom. The molecule has 0 amide bonds. The summed E-state index contributed by atoms with van der Waals surface area (Å²) in [5.74, 6) is 0.841. The molecule has 0 heterocycles. The summed E-state index contributed by atoms with van der Waals surface area (Å²) in [6.45, 7) is 3.09. The number of aryl methyl sites for hydroxylation is 1. The summed E-state index contributed by atoms with van der Waals surface area (Å²) in [5.41, 5.74) is 2.40. The molecule has 0 aliphatic rings. The first-order valence-corrected chi connectivity index (χ1v) is 5.71. The largest absolute Gasteiger partial charge is 0.488 e. The first-order valence-electron chi connectivity index (χ1n) is 5.71. The molecule has 0 bridgehead atoms. The van der Waals surface area contributed by atoms with Crippen LogP contribution in [-0.2, 0) is 17.6 Å². The quantitative estimate of drug-likeness (QED) is 0.449. The minimum absolute atomic E-state index is 0.279.